The Morgan fingerprint density at radius 1 is 1.19 bits per heavy atom. The molecular weight excluding hydrogens is 295 g/mol. The zero-order chi connectivity index (χ0) is 14.8. The fourth-order valence-corrected chi connectivity index (χ4v) is 2.43. The molecule has 1 aromatic carbocycles. The highest BCUT2D eigenvalue weighted by Crippen LogP contribution is 2.10. The molecule has 0 spiro atoms. The Morgan fingerprint density at radius 3 is 2.62 bits per heavy atom. The number of rotatable bonds is 4. The first-order chi connectivity index (χ1) is 10.1. The number of hydrogen-bond donors (Lipinski definition) is 0. The lowest BCUT2D eigenvalue weighted by Gasteiger charge is -1.99. The first kappa shape index (κ1) is 13.4. The fourth-order valence-electron chi connectivity index (χ4n) is 1.77. The molecule has 106 valence electrons. The van der Waals surface area contributed by atoms with Crippen molar-refractivity contribution in [2.45, 2.75) is 6.54 Å². The smallest absolute Gasteiger partial charge is 0.292 e. The van der Waals surface area contributed by atoms with E-state index in [4.69, 9.17) is 0 Å². The van der Waals surface area contributed by atoms with Crippen LogP contribution in [0.4, 0.5) is 4.39 Å². The number of benzene rings is 1. The van der Waals surface area contributed by atoms with E-state index >= 15 is 0 Å². The lowest BCUT2D eigenvalue weighted by atomic mass is 10.1. The minimum absolute atomic E-state index is 0.240. The van der Waals surface area contributed by atoms with Crippen LogP contribution >= 0.6 is 11.3 Å². The minimum Gasteiger partial charge on any atom is -0.292 e. The summed E-state index contributed by atoms with van der Waals surface area (Å²) < 4.78 is 14.9. The maximum atomic E-state index is 12.8. The van der Waals surface area contributed by atoms with Gasteiger partial charge in [-0.1, -0.05) is 0 Å². The third kappa shape index (κ3) is 2.65. The highest BCUT2D eigenvalue weighted by Gasteiger charge is 2.14. The van der Waals surface area contributed by atoms with Gasteiger partial charge in [0.15, 0.2) is 5.78 Å². The van der Waals surface area contributed by atoms with E-state index in [9.17, 15) is 14.0 Å². The Hall–Kier alpha value is -2.61. The van der Waals surface area contributed by atoms with Gasteiger partial charge in [-0.05, 0) is 52.2 Å². The molecule has 0 unspecified atom stereocenters. The molecule has 8 heteroatoms. The number of aromatic nitrogens is 4. The predicted octanol–water partition coefficient (Wildman–Crippen LogP) is 1.51. The molecule has 0 N–H and O–H groups in total. The summed E-state index contributed by atoms with van der Waals surface area (Å²) in [6.07, 6.45) is 0. The number of tetrazole rings is 1. The molecule has 0 aliphatic carbocycles. The standard InChI is InChI=1S/C13H9FN4O2S/c14-10-5-3-9(4-6-10)11(19)8-17-13(20)18(16-15-17)12-2-1-7-21-12/h1-7H,8H2. The lowest BCUT2D eigenvalue weighted by molar-refractivity contribution is 0.0965. The van der Waals surface area contributed by atoms with Crippen molar-refractivity contribution in [3.8, 4) is 5.00 Å². The van der Waals surface area contributed by atoms with Gasteiger partial charge in [0.05, 0.1) is 0 Å². The molecule has 21 heavy (non-hydrogen) atoms. The van der Waals surface area contributed by atoms with Crippen molar-refractivity contribution in [3.63, 3.8) is 0 Å². The number of nitrogens with zero attached hydrogens (tertiary/aromatic N) is 4. The van der Waals surface area contributed by atoms with Gasteiger partial charge in [-0.25, -0.2) is 9.18 Å². The summed E-state index contributed by atoms with van der Waals surface area (Å²) in [7, 11) is 0. The third-order valence-corrected chi connectivity index (χ3v) is 3.66. The van der Waals surface area contributed by atoms with E-state index in [1.54, 1.807) is 12.1 Å². The van der Waals surface area contributed by atoms with Crippen molar-refractivity contribution in [2.24, 2.45) is 0 Å². The van der Waals surface area contributed by atoms with E-state index in [0.717, 1.165) is 9.36 Å². The summed E-state index contributed by atoms with van der Waals surface area (Å²) >= 11 is 1.34. The van der Waals surface area contributed by atoms with Gasteiger partial charge in [0.25, 0.3) is 0 Å². The van der Waals surface area contributed by atoms with Gasteiger partial charge in [0.1, 0.15) is 17.4 Å². The van der Waals surface area contributed by atoms with Crippen molar-refractivity contribution < 1.29 is 9.18 Å². The highest BCUT2D eigenvalue weighted by molar-refractivity contribution is 7.12. The van der Waals surface area contributed by atoms with Crippen molar-refractivity contribution in [3.05, 3.63) is 63.6 Å². The quantitative estimate of drug-likeness (QED) is 0.685. The maximum Gasteiger partial charge on any atom is 0.369 e. The molecule has 3 aromatic rings. The van der Waals surface area contributed by atoms with Crippen LogP contribution < -0.4 is 5.69 Å². The van der Waals surface area contributed by atoms with Crippen LogP contribution in [0.5, 0.6) is 0 Å². The van der Waals surface area contributed by atoms with Crippen molar-refractivity contribution in [1.82, 2.24) is 19.8 Å². The van der Waals surface area contributed by atoms with Crippen molar-refractivity contribution >= 4 is 17.1 Å². The molecule has 2 aromatic heterocycles. The monoisotopic (exact) mass is 304 g/mol. The summed E-state index contributed by atoms with van der Waals surface area (Å²) in [5.41, 5.74) is -0.179. The van der Waals surface area contributed by atoms with Crippen LogP contribution in [0.3, 0.4) is 0 Å². The Morgan fingerprint density at radius 2 is 1.95 bits per heavy atom. The molecule has 0 saturated heterocycles. The van der Waals surface area contributed by atoms with E-state index in [1.165, 1.54) is 35.6 Å². The van der Waals surface area contributed by atoms with Gasteiger partial charge in [0, 0.05) is 5.56 Å². The van der Waals surface area contributed by atoms with E-state index in [0.29, 0.717) is 10.6 Å². The predicted molar refractivity (Wildman–Crippen MR) is 74.2 cm³/mol. The van der Waals surface area contributed by atoms with Gasteiger partial charge in [0.2, 0.25) is 0 Å². The van der Waals surface area contributed by atoms with Gasteiger partial charge >= 0.3 is 5.69 Å². The lowest BCUT2D eigenvalue weighted by Crippen LogP contribution is -2.27. The Labute approximate surface area is 122 Å². The molecule has 0 aliphatic rings. The SMILES string of the molecule is O=C(Cn1nnn(-c2cccs2)c1=O)c1ccc(F)cc1. The second-order valence-corrected chi connectivity index (χ2v) is 5.14. The van der Waals surface area contributed by atoms with Crippen LogP contribution in [0, 0.1) is 5.82 Å². The first-order valence-corrected chi connectivity index (χ1v) is 6.88. The normalized spacial score (nSPS) is 10.7. The number of halogens is 1. The molecule has 0 radical (unpaired) electrons. The van der Waals surface area contributed by atoms with Gasteiger partial charge < -0.3 is 0 Å². The highest BCUT2D eigenvalue weighted by atomic mass is 32.1. The molecule has 0 bridgehead atoms. The second kappa shape index (κ2) is 5.41. The third-order valence-electron chi connectivity index (χ3n) is 2.81. The van der Waals surface area contributed by atoms with Crippen LogP contribution in [-0.2, 0) is 6.54 Å². The van der Waals surface area contributed by atoms with Gasteiger partial charge in [-0.2, -0.15) is 9.36 Å². The van der Waals surface area contributed by atoms with Crippen LogP contribution in [0.1, 0.15) is 10.4 Å². The summed E-state index contributed by atoms with van der Waals surface area (Å²) in [6.45, 7) is -0.240. The molecule has 0 amide bonds. The van der Waals surface area contributed by atoms with E-state index in [1.807, 2.05) is 5.38 Å². The number of Topliss-reactive ketones (excluding diaryl/α,β-unsaturated/α-hetero) is 1. The van der Waals surface area contributed by atoms with E-state index in [-0.39, 0.29) is 12.3 Å². The summed E-state index contributed by atoms with van der Waals surface area (Å²) in [6, 6.07) is 8.64. The average molecular weight is 304 g/mol. The number of thiophene rings is 1. The van der Waals surface area contributed by atoms with Crippen LogP contribution in [0.25, 0.3) is 5.00 Å². The number of hydrogen-bond acceptors (Lipinski definition) is 5. The van der Waals surface area contributed by atoms with Gasteiger partial charge in [-0.15, -0.1) is 11.3 Å². The zero-order valence-electron chi connectivity index (χ0n) is 10.6. The fraction of sp³-hybridized carbons (Fsp3) is 0.0769. The topological polar surface area (TPSA) is 69.8 Å². The Balaban J connectivity index is 1.84. The molecule has 0 fully saturated rings. The average Bonchev–Trinajstić information content (AvgIpc) is 3.10. The molecule has 0 aliphatic heterocycles. The second-order valence-electron chi connectivity index (χ2n) is 4.21. The van der Waals surface area contributed by atoms with Crippen LogP contribution in [0.15, 0.2) is 46.6 Å². The summed E-state index contributed by atoms with van der Waals surface area (Å²) in [4.78, 5) is 24.1. The Kier molecular flexibility index (Phi) is 3.44. The van der Waals surface area contributed by atoms with Crippen LogP contribution in [-0.4, -0.2) is 25.6 Å². The number of carbonyl (C=O) groups excluding carboxylic acids is 1. The minimum atomic E-state index is -0.493. The molecule has 3 rings (SSSR count). The zero-order valence-corrected chi connectivity index (χ0v) is 11.5. The molecular formula is C13H9FN4O2S. The maximum absolute atomic E-state index is 12.8. The summed E-state index contributed by atoms with van der Waals surface area (Å²) in [5, 5.41) is 9.85. The molecule has 0 atom stereocenters. The van der Waals surface area contributed by atoms with Crippen LogP contribution in [0.2, 0.25) is 0 Å². The first-order valence-electron chi connectivity index (χ1n) is 6.00. The van der Waals surface area contributed by atoms with Crippen molar-refractivity contribution in [2.75, 3.05) is 0 Å². The molecule has 2 heterocycles. The Bertz CT molecular complexity index is 821. The van der Waals surface area contributed by atoms with E-state index < -0.39 is 11.5 Å². The molecule has 6 nitrogen and oxygen atoms in total. The van der Waals surface area contributed by atoms with Crippen molar-refractivity contribution in [1.29, 1.82) is 0 Å². The molecule has 0 saturated carbocycles. The summed E-state index contributed by atoms with van der Waals surface area (Å²) in [5.74, 6) is -0.761. The number of carbonyl (C=O) groups is 1. The van der Waals surface area contributed by atoms with Gasteiger partial charge in [-0.3, -0.25) is 4.79 Å². The van der Waals surface area contributed by atoms with E-state index in [2.05, 4.69) is 10.4 Å². The largest absolute Gasteiger partial charge is 0.369 e. The number of ketones is 1.